The van der Waals surface area contributed by atoms with Gasteiger partial charge in [0.05, 0.1) is 0 Å². The van der Waals surface area contributed by atoms with Crippen molar-refractivity contribution in [1.29, 1.82) is 0 Å². The molecule has 0 aliphatic heterocycles. The Balaban J connectivity index is 0.000000200. The summed E-state index contributed by atoms with van der Waals surface area (Å²) in [6.45, 7) is 0. The van der Waals surface area contributed by atoms with Gasteiger partial charge in [-0.3, -0.25) is 9.59 Å². The fourth-order valence-corrected chi connectivity index (χ4v) is 1.54. The lowest BCUT2D eigenvalue weighted by Crippen LogP contribution is -2.30. The second kappa shape index (κ2) is 7.91. The molecule has 0 spiro atoms. The first-order valence-corrected chi connectivity index (χ1v) is 6.14. The van der Waals surface area contributed by atoms with Gasteiger partial charge < -0.3 is 15.9 Å². The third-order valence-electron chi connectivity index (χ3n) is 2.65. The van der Waals surface area contributed by atoms with Crippen LogP contribution in [0.4, 0.5) is 0 Å². The molecule has 2 aliphatic rings. The van der Waals surface area contributed by atoms with Crippen LogP contribution in [0, 0.1) is 0 Å². The van der Waals surface area contributed by atoms with Crippen LogP contribution in [0.2, 0.25) is 0 Å². The van der Waals surface area contributed by atoms with Crippen molar-refractivity contribution in [1.82, 2.24) is 0 Å². The predicted octanol–water partition coefficient (Wildman–Crippen LogP) is 2.05. The van der Waals surface area contributed by atoms with E-state index >= 15 is 0 Å². The minimum atomic E-state index is -1.17. The van der Waals surface area contributed by atoms with Gasteiger partial charge in [0, 0.05) is 6.42 Å². The third-order valence-corrected chi connectivity index (χ3v) is 2.65. The highest BCUT2D eigenvalue weighted by Gasteiger charge is 2.12. The first-order valence-electron chi connectivity index (χ1n) is 6.14. The van der Waals surface area contributed by atoms with E-state index in [-0.39, 0.29) is 12.8 Å². The molecule has 2 aliphatic carbocycles. The molecule has 0 saturated heterocycles. The Labute approximate surface area is 117 Å². The number of carbonyl (C=O) groups is 2. The van der Waals surface area contributed by atoms with Crippen LogP contribution in [-0.2, 0) is 9.59 Å². The number of rotatable bonds is 4. The zero-order valence-electron chi connectivity index (χ0n) is 10.9. The molecular formula is C15H17NO4. The highest BCUT2D eigenvalue weighted by atomic mass is 16.4. The Kier molecular flexibility index (Phi) is 6.19. The van der Waals surface area contributed by atoms with Crippen molar-refractivity contribution in [3.05, 3.63) is 48.5 Å². The molecule has 1 atom stereocenters. The molecule has 5 nitrogen and oxygen atoms in total. The normalized spacial score (nSPS) is 11.2. The van der Waals surface area contributed by atoms with Crippen LogP contribution >= 0.6 is 0 Å². The molecule has 0 saturated carbocycles. The number of hydrogen-bond acceptors (Lipinski definition) is 3. The number of carboxylic acid groups (broad SMARTS) is 2. The Morgan fingerprint density at radius 1 is 0.950 bits per heavy atom. The Hall–Kier alpha value is -2.40. The van der Waals surface area contributed by atoms with Crippen molar-refractivity contribution in [2.45, 2.75) is 18.9 Å². The van der Waals surface area contributed by atoms with Crippen molar-refractivity contribution in [3.8, 4) is 11.1 Å². The molecule has 0 amide bonds. The van der Waals surface area contributed by atoms with E-state index in [0.29, 0.717) is 0 Å². The van der Waals surface area contributed by atoms with Gasteiger partial charge in [-0.2, -0.15) is 0 Å². The largest absolute Gasteiger partial charge is 0.481 e. The van der Waals surface area contributed by atoms with Crippen LogP contribution in [0.3, 0.4) is 0 Å². The summed E-state index contributed by atoms with van der Waals surface area (Å²) in [4.78, 5) is 19.9. The quantitative estimate of drug-likeness (QED) is 0.792. The van der Waals surface area contributed by atoms with Gasteiger partial charge >= 0.3 is 11.9 Å². The summed E-state index contributed by atoms with van der Waals surface area (Å²) in [6, 6.07) is 15.7. The first-order chi connectivity index (χ1) is 9.50. The second-order valence-corrected chi connectivity index (χ2v) is 4.22. The van der Waals surface area contributed by atoms with Gasteiger partial charge in [-0.1, -0.05) is 48.5 Å². The summed E-state index contributed by atoms with van der Waals surface area (Å²) in [5.41, 5.74) is 7.62. The van der Waals surface area contributed by atoms with Crippen molar-refractivity contribution in [2.75, 3.05) is 0 Å². The molecular weight excluding hydrogens is 258 g/mol. The van der Waals surface area contributed by atoms with E-state index in [1.807, 2.05) is 6.07 Å². The van der Waals surface area contributed by atoms with Crippen LogP contribution in [0.15, 0.2) is 48.5 Å². The minimum Gasteiger partial charge on any atom is -0.481 e. The molecule has 0 bridgehead atoms. The molecule has 0 radical (unpaired) electrons. The Bertz CT molecular complexity index is 513. The average Bonchev–Trinajstić information content (AvgIpc) is 2.73. The number of carboxylic acids is 2. The maximum atomic E-state index is 9.99. The zero-order chi connectivity index (χ0) is 15.0. The minimum absolute atomic E-state index is 0.0231. The topological polar surface area (TPSA) is 101 Å². The number of hydrogen-bond donors (Lipinski definition) is 3. The lowest BCUT2D eigenvalue weighted by Gasteiger charge is -2.01. The molecule has 0 aromatic rings. The lowest BCUT2D eigenvalue weighted by atomic mass is 10.2. The van der Waals surface area contributed by atoms with E-state index in [0.717, 1.165) is 0 Å². The SMILES string of the molecule is N[C@@H](CCC(=O)O)C(=O)O.c1ccc2cccc-2cc1. The maximum Gasteiger partial charge on any atom is 0.320 e. The van der Waals surface area contributed by atoms with E-state index in [1.165, 1.54) is 11.1 Å². The van der Waals surface area contributed by atoms with Gasteiger partial charge in [0.15, 0.2) is 0 Å². The van der Waals surface area contributed by atoms with Crippen LogP contribution in [0.5, 0.6) is 0 Å². The first kappa shape index (κ1) is 15.7. The van der Waals surface area contributed by atoms with E-state index in [2.05, 4.69) is 42.5 Å². The van der Waals surface area contributed by atoms with Crippen LogP contribution in [0.25, 0.3) is 11.1 Å². The van der Waals surface area contributed by atoms with Crippen LogP contribution in [0.1, 0.15) is 12.8 Å². The summed E-state index contributed by atoms with van der Waals surface area (Å²) in [7, 11) is 0. The number of nitrogens with two attached hydrogens (primary N) is 1. The van der Waals surface area contributed by atoms with E-state index < -0.39 is 18.0 Å². The Morgan fingerprint density at radius 3 is 1.90 bits per heavy atom. The van der Waals surface area contributed by atoms with Crippen molar-refractivity contribution in [3.63, 3.8) is 0 Å². The van der Waals surface area contributed by atoms with Gasteiger partial charge in [-0.15, -0.1) is 0 Å². The molecule has 106 valence electrons. The fraction of sp³-hybridized carbons (Fsp3) is 0.200. The highest BCUT2D eigenvalue weighted by molar-refractivity contribution is 5.74. The van der Waals surface area contributed by atoms with Gasteiger partial charge in [0.1, 0.15) is 6.04 Å². The molecule has 0 aromatic heterocycles. The highest BCUT2D eigenvalue weighted by Crippen LogP contribution is 2.19. The fourth-order valence-electron chi connectivity index (χ4n) is 1.54. The van der Waals surface area contributed by atoms with Crippen molar-refractivity contribution < 1.29 is 19.8 Å². The van der Waals surface area contributed by atoms with Crippen LogP contribution in [-0.4, -0.2) is 28.2 Å². The summed E-state index contributed by atoms with van der Waals surface area (Å²) in [5, 5.41) is 16.3. The van der Waals surface area contributed by atoms with E-state index in [1.54, 1.807) is 0 Å². The van der Waals surface area contributed by atoms with Gasteiger partial charge in [-0.05, 0) is 17.5 Å². The molecule has 2 rings (SSSR count). The molecule has 0 aromatic carbocycles. The number of aliphatic carboxylic acids is 2. The standard InChI is InChI=1S/C10H8.C5H9NO4/c1-2-5-9-7-4-8-10(9)6-3-1;6-3(5(9)10)1-2-4(7)8/h1-8H;3H,1-2,6H2,(H,7,8)(H,9,10)/t;3-/m.0/s1. The summed E-state index contributed by atoms with van der Waals surface area (Å²) >= 11 is 0. The van der Waals surface area contributed by atoms with Gasteiger partial charge in [-0.25, -0.2) is 0 Å². The lowest BCUT2D eigenvalue weighted by molar-refractivity contribution is -0.139. The summed E-state index contributed by atoms with van der Waals surface area (Å²) in [6.07, 6.45) is -0.224. The Morgan fingerprint density at radius 2 is 1.45 bits per heavy atom. The molecule has 0 fully saturated rings. The van der Waals surface area contributed by atoms with Crippen LogP contribution < -0.4 is 5.73 Å². The molecule has 0 heterocycles. The monoisotopic (exact) mass is 275 g/mol. The predicted molar refractivity (Wildman–Crippen MR) is 75.5 cm³/mol. The van der Waals surface area contributed by atoms with E-state index in [4.69, 9.17) is 15.9 Å². The van der Waals surface area contributed by atoms with Gasteiger partial charge in [0.2, 0.25) is 0 Å². The zero-order valence-corrected chi connectivity index (χ0v) is 10.9. The summed E-state index contributed by atoms with van der Waals surface area (Å²) < 4.78 is 0. The number of fused-ring (bicyclic) bond motifs is 1. The third kappa shape index (κ3) is 5.49. The van der Waals surface area contributed by atoms with Crippen molar-refractivity contribution in [2.24, 2.45) is 5.73 Å². The molecule has 5 heteroatoms. The average molecular weight is 275 g/mol. The second-order valence-electron chi connectivity index (χ2n) is 4.22. The van der Waals surface area contributed by atoms with Crippen molar-refractivity contribution >= 4 is 11.9 Å². The van der Waals surface area contributed by atoms with Gasteiger partial charge in [0.25, 0.3) is 0 Å². The maximum absolute atomic E-state index is 9.99. The summed E-state index contributed by atoms with van der Waals surface area (Å²) in [5.74, 6) is -2.20. The molecule has 0 unspecified atom stereocenters. The molecule has 4 N–H and O–H groups in total. The smallest absolute Gasteiger partial charge is 0.320 e. The van der Waals surface area contributed by atoms with E-state index in [9.17, 15) is 9.59 Å². The molecule has 20 heavy (non-hydrogen) atoms.